The van der Waals surface area contributed by atoms with Gasteiger partial charge in [-0.1, -0.05) is 41.4 Å². The fourth-order valence-electron chi connectivity index (χ4n) is 2.98. The Kier molecular flexibility index (Phi) is 7.58. The number of carbonyl (C=O) groups is 3. The number of nitrogens with one attached hydrogen (secondary N) is 2. The van der Waals surface area contributed by atoms with Gasteiger partial charge >= 0.3 is 17.8 Å². The van der Waals surface area contributed by atoms with Gasteiger partial charge in [0, 0.05) is 16.3 Å². The number of hydrogen-bond donors (Lipinski definition) is 2. The highest BCUT2D eigenvalue weighted by Crippen LogP contribution is 2.21. The average Bonchev–Trinajstić information content (AvgIpc) is 2.79. The number of carbonyl (C=O) groups excluding carboxylic acids is 3. The highest BCUT2D eigenvalue weighted by Gasteiger charge is 2.16. The van der Waals surface area contributed by atoms with Crippen molar-refractivity contribution in [1.29, 1.82) is 0 Å². The number of anilines is 1. The number of hydrogen-bond acceptors (Lipinski definition) is 5. The van der Waals surface area contributed by atoms with Crippen LogP contribution in [0.15, 0.2) is 71.8 Å². The molecular weight excluding hydrogens is 442 g/mol. The summed E-state index contributed by atoms with van der Waals surface area (Å²) >= 11 is 5.85. The van der Waals surface area contributed by atoms with Crippen LogP contribution in [0.3, 0.4) is 0 Å². The quantitative estimate of drug-likeness (QED) is 0.189. The maximum atomic E-state index is 12.4. The zero-order valence-corrected chi connectivity index (χ0v) is 19.1. The lowest BCUT2D eigenvalue weighted by Gasteiger charge is -2.11. The van der Waals surface area contributed by atoms with Gasteiger partial charge in [-0.2, -0.15) is 5.10 Å². The molecule has 0 aliphatic heterocycles. The number of ether oxygens (including phenoxy) is 1. The molecular formula is C25H22ClN3O4. The lowest BCUT2D eigenvalue weighted by molar-refractivity contribution is -0.136. The van der Waals surface area contributed by atoms with Gasteiger partial charge < -0.3 is 10.1 Å². The lowest BCUT2D eigenvalue weighted by Crippen LogP contribution is -2.33. The topological polar surface area (TPSA) is 96.9 Å². The molecule has 3 aromatic carbocycles. The molecule has 7 nitrogen and oxygen atoms in total. The van der Waals surface area contributed by atoms with Gasteiger partial charge in [-0.3, -0.25) is 9.59 Å². The minimum Gasteiger partial charge on any atom is -0.422 e. The van der Waals surface area contributed by atoms with Gasteiger partial charge in [0.1, 0.15) is 5.75 Å². The number of rotatable bonds is 5. The number of hydrazone groups is 1. The van der Waals surface area contributed by atoms with E-state index in [1.54, 1.807) is 61.5 Å². The fraction of sp³-hybridized carbons (Fsp3) is 0.120. The molecule has 0 saturated carbocycles. The molecule has 33 heavy (non-hydrogen) atoms. The Hall–Kier alpha value is -3.97. The van der Waals surface area contributed by atoms with Crippen molar-refractivity contribution in [1.82, 2.24) is 5.43 Å². The minimum atomic E-state index is -0.926. The van der Waals surface area contributed by atoms with Crippen molar-refractivity contribution >= 4 is 40.8 Å². The van der Waals surface area contributed by atoms with E-state index in [0.29, 0.717) is 27.5 Å². The highest BCUT2D eigenvalue weighted by molar-refractivity contribution is 6.39. The predicted octanol–water partition coefficient (Wildman–Crippen LogP) is 4.65. The van der Waals surface area contributed by atoms with E-state index in [4.69, 9.17) is 16.3 Å². The van der Waals surface area contributed by atoms with E-state index in [0.717, 1.165) is 11.1 Å². The first-order valence-corrected chi connectivity index (χ1v) is 10.4. The lowest BCUT2D eigenvalue weighted by atomic mass is 10.1. The van der Waals surface area contributed by atoms with Crippen molar-refractivity contribution < 1.29 is 19.1 Å². The number of amides is 2. The van der Waals surface area contributed by atoms with E-state index in [9.17, 15) is 14.4 Å². The molecule has 2 N–H and O–H groups in total. The normalized spacial score (nSPS) is 11.0. The molecule has 0 unspecified atom stereocenters. The molecule has 8 heteroatoms. The van der Waals surface area contributed by atoms with Crippen molar-refractivity contribution in [3.63, 3.8) is 0 Å². The van der Waals surface area contributed by atoms with Gasteiger partial charge in [-0.05, 0) is 68.8 Å². The van der Waals surface area contributed by atoms with Crippen molar-refractivity contribution in [2.24, 2.45) is 5.10 Å². The van der Waals surface area contributed by atoms with Gasteiger partial charge in [0.15, 0.2) is 0 Å². The summed E-state index contributed by atoms with van der Waals surface area (Å²) in [7, 11) is 0. The van der Waals surface area contributed by atoms with Gasteiger partial charge in [-0.25, -0.2) is 10.2 Å². The van der Waals surface area contributed by atoms with E-state index in [2.05, 4.69) is 15.8 Å². The number of halogens is 1. The highest BCUT2D eigenvalue weighted by atomic mass is 35.5. The molecule has 168 valence electrons. The Morgan fingerprint density at radius 1 is 0.909 bits per heavy atom. The Balaban J connectivity index is 1.69. The Bertz CT molecular complexity index is 1240. The molecule has 0 radical (unpaired) electrons. The number of aryl methyl sites for hydroxylation is 2. The summed E-state index contributed by atoms with van der Waals surface area (Å²) in [4.78, 5) is 36.9. The van der Waals surface area contributed by atoms with Crippen LogP contribution >= 0.6 is 11.6 Å². The van der Waals surface area contributed by atoms with Crippen LogP contribution in [-0.4, -0.2) is 23.5 Å². The number of benzene rings is 3. The largest absolute Gasteiger partial charge is 0.422 e. The smallest absolute Gasteiger partial charge is 0.343 e. The predicted molar refractivity (Wildman–Crippen MR) is 128 cm³/mol. The number of nitrogens with zero attached hydrogens (tertiary/aromatic N) is 1. The summed E-state index contributed by atoms with van der Waals surface area (Å²) in [6.07, 6.45) is 0. The first kappa shape index (κ1) is 23.7. The molecule has 3 rings (SSSR count). The second-order valence-corrected chi connectivity index (χ2v) is 7.74. The zero-order valence-electron chi connectivity index (χ0n) is 18.3. The SMILES string of the molecule is C/C(=N\NC(=O)C(=O)Nc1ccc(C)cc1C)c1ccccc1OC(=O)c1ccc(Cl)cc1. The molecule has 0 atom stereocenters. The van der Waals surface area contributed by atoms with Gasteiger partial charge in [0.05, 0.1) is 11.3 Å². The van der Waals surface area contributed by atoms with Crippen molar-refractivity contribution in [3.05, 3.63) is 94.0 Å². The molecule has 0 spiro atoms. The van der Waals surface area contributed by atoms with E-state index in [1.807, 2.05) is 26.0 Å². The van der Waals surface area contributed by atoms with E-state index < -0.39 is 17.8 Å². The second-order valence-electron chi connectivity index (χ2n) is 7.30. The van der Waals surface area contributed by atoms with Crippen LogP contribution in [0.2, 0.25) is 5.02 Å². The van der Waals surface area contributed by atoms with Crippen molar-refractivity contribution in [2.75, 3.05) is 5.32 Å². The van der Waals surface area contributed by atoms with E-state index >= 15 is 0 Å². The van der Waals surface area contributed by atoms with Crippen LogP contribution in [0.1, 0.15) is 34.0 Å². The Labute approximate surface area is 196 Å². The van der Waals surface area contributed by atoms with Crippen LogP contribution in [-0.2, 0) is 9.59 Å². The maximum absolute atomic E-state index is 12.4. The van der Waals surface area contributed by atoms with Gasteiger partial charge in [-0.15, -0.1) is 0 Å². The number of esters is 1. The molecule has 2 amide bonds. The Morgan fingerprint density at radius 3 is 2.30 bits per heavy atom. The molecule has 0 fully saturated rings. The van der Waals surface area contributed by atoms with E-state index in [1.165, 1.54) is 0 Å². The van der Waals surface area contributed by atoms with Crippen LogP contribution in [0.25, 0.3) is 0 Å². The summed E-state index contributed by atoms with van der Waals surface area (Å²) in [6, 6.07) is 18.5. The first-order valence-electron chi connectivity index (χ1n) is 10.0. The van der Waals surface area contributed by atoms with Crippen LogP contribution in [0, 0.1) is 13.8 Å². The second kappa shape index (κ2) is 10.6. The molecule has 3 aromatic rings. The molecule has 0 heterocycles. The Morgan fingerprint density at radius 2 is 1.61 bits per heavy atom. The monoisotopic (exact) mass is 463 g/mol. The summed E-state index contributed by atoms with van der Waals surface area (Å²) in [5.41, 5.74) is 5.83. The summed E-state index contributed by atoms with van der Waals surface area (Å²) < 4.78 is 5.49. The fourth-order valence-corrected chi connectivity index (χ4v) is 3.10. The van der Waals surface area contributed by atoms with Gasteiger partial charge in [0.25, 0.3) is 0 Å². The third-order valence-corrected chi connectivity index (χ3v) is 4.97. The molecule has 0 saturated heterocycles. The molecule has 0 bridgehead atoms. The average molecular weight is 464 g/mol. The number of para-hydroxylation sites is 1. The standard InChI is InChI=1S/C25H22ClN3O4/c1-15-8-13-21(16(2)14-15)27-23(30)24(31)29-28-17(3)20-6-4-5-7-22(20)33-25(32)18-9-11-19(26)12-10-18/h4-14H,1-3H3,(H,27,30)(H,29,31)/b28-17+. The van der Waals surface area contributed by atoms with Crippen molar-refractivity contribution in [3.8, 4) is 5.75 Å². The minimum absolute atomic E-state index is 0.257. The van der Waals surface area contributed by atoms with Gasteiger partial charge in [0.2, 0.25) is 0 Å². The van der Waals surface area contributed by atoms with Crippen molar-refractivity contribution in [2.45, 2.75) is 20.8 Å². The first-order chi connectivity index (χ1) is 15.7. The third kappa shape index (κ3) is 6.27. The van der Waals surface area contributed by atoms with Crippen LogP contribution in [0.4, 0.5) is 5.69 Å². The van der Waals surface area contributed by atoms with Crippen LogP contribution in [0.5, 0.6) is 5.75 Å². The molecule has 0 aliphatic carbocycles. The zero-order chi connectivity index (χ0) is 24.0. The summed E-state index contributed by atoms with van der Waals surface area (Å²) in [5.74, 6) is -2.08. The molecule has 0 aliphatic rings. The van der Waals surface area contributed by atoms with Crippen LogP contribution < -0.4 is 15.5 Å². The summed E-state index contributed by atoms with van der Waals surface area (Å²) in [5, 5.41) is 7.06. The molecule has 0 aromatic heterocycles. The third-order valence-electron chi connectivity index (χ3n) is 4.72. The maximum Gasteiger partial charge on any atom is 0.343 e. The van der Waals surface area contributed by atoms with E-state index in [-0.39, 0.29) is 5.75 Å². The summed E-state index contributed by atoms with van der Waals surface area (Å²) in [6.45, 7) is 5.40.